The summed E-state index contributed by atoms with van der Waals surface area (Å²) in [6.07, 6.45) is 4.39. The Hall–Kier alpha value is -1.43. The Morgan fingerprint density at radius 1 is 1.50 bits per heavy atom. The normalized spacial score (nSPS) is 18.9. The van der Waals surface area contributed by atoms with E-state index >= 15 is 0 Å². The summed E-state index contributed by atoms with van der Waals surface area (Å²) in [5, 5.41) is 7.05. The molecule has 2 rings (SSSR count). The molecule has 1 aromatic heterocycles. The van der Waals surface area contributed by atoms with Crippen molar-refractivity contribution >= 4 is 5.91 Å². The number of likely N-dealkylation sites (tertiary alicyclic amines) is 1. The molecule has 1 aromatic rings. The van der Waals surface area contributed by atoms with Gasteiger partial charge in [0, 0.05) is 13.5 Å². The summed E-state index contributed by atoms with van der Waals surface area (Å²) >= 11 is 0. The molecule has 6 heteroatoms. The molecule has 1 fully saturated rings. The van der Waals surface area contributed by atoms with Crippen molar-refractivity contribution in [3.63, 3.8) is 0 Å². The Morgan fingerprint density at radius 3 is 2.75 bits per heavy atom. The molecule has 1 aliphatic rings. The van der Waals surface area contributed by atoms with Crippen molar-refractivity contribution in [2.45, 2.75) is 39.2 Å². The van der Waals surface area contributed by atoms with Crippen LogP contribution < -0.4 is 5.32 Å². The third-order valence-electron chi connectivity index (χ3n) is 4.14. The number of hydrogen-bond donors (Lipinski definition) is 1. The summed E-state index contributed by atoms with van der Waals surface area (Å²) in [7, 11) is 1.84. The lowest BCUT2D eigenvalue weighted by Crippen LogP contribution is -2.36. The lowest BCUT2D eigenvalue weighted by Gasteiger charge is -2.30. The van der Waals surface area contributed by atoms with Crippen LogP contribution in [0.2, 0.25) is 0 Å². The first-order valence-electron chi connectivity index (χ1n) is 7.45. The molecule has 1 saturated heterocycles. The Bertz CT molecular complexity index is 437. The number of hydrogen-bond acceptors (Lipinski definition) is 4. The smallest absolute Gasteiger partial charge is 0.220 e. The molecular formula is C14H25N5O. The van der Waals surface area contributed by atoms with Gasteiger partial charge in [-0.15, -0.1) is 0 Å². The second-order valence-electron chi connectivity index (χ2n) is 5.61. The Morgan fingerprint density at radius 2 is 2.20 bits per heavy atom. The van der Waals surface area contributed by atoms with E-state index in [1.165, 1.54) is 6.33 Å². The summed E-state index contributed by atoms with van der Waals surface area (Å²) in [6, 6.07) is -0.0919. The van der Waals surface area contributed by atoms with Gasteiger partial charge >= 0.3 is 0 Å². The molecule has 0 radical (unpaired) electrons. The minimum atomic E-state index is -0.0919. The van der Waals surface area contributed by atoms with Gasteiger partial charge in [-0.2, -0.15) is 5.10 Å². The Balaban J connectivity index is 1.77. The van der Waals surface area contributed by atoms with Gasteiger partial charge in [0.2, 0.25) is 5.91 Å². The van der Waals surface area contributed by atoms with Crippen LogP contribution in [0.5, 0.6) is 0 Å². The number of carbonyl (C=O) groups is 1. The van der Waals surface area contributed by atoms with Crippen LogP contribution in [0.25, 0.3) is 0 Å². The van der Waals surface area contributed by atoms with Gasteiger partial charge in [-0.3, -0.25) is 9.48 Å². The van der Waals surface area contributed by atoms with Crippen molar-refractivity contribution in [3.8, 4) is 0 Å². The van der Waals surface area contributed by atoms with Gasteiger partial charge in [0.25, 0.3) is 0 Å². The lowest BCUT2D eigenvalue weighted by atomic mass is 9.93. The van der Waals surface area contributed by atoms with E-state index in [9.17, 15) is 4.79 Å². The average molecular weight is 279 g/mol. The average Bonchev–Trinajstić information content (AvgIpc) is 2.86. The van der Waals surface area contributed by atoms with Gasteiger partial charge in [0.1, 0.15) is 12.2 Å². The van der Waals surface area contributed by atoms with Gasteiger partial charge in [-0.05, 0) is 45.3 Å². The fourth-order valence-electron chi connectivity index (χ4n) is 2.83. The van der Waals surface area contributed by atoms with Crippen LogP contribution >= 0.6 is 0 Å². The highest BCUT2D eigenvalue weighted by Crippen LogP contribution is 2.20. The van der Waals surface area contributed by atoms with Gasteiger partial charge in [0.15, 0.2) is 0 Å². The monoisotopic (exact) mass is 279 g/mol. The van der Waals surface area contributed by atoms with Crippen LogP contribution in [0.4, 0.5) is 0 Å². The van der Waals surface area contributed by atoms with E-state index < -0.39 is 0 Å². The zero-order valence-electron chi connectivity index (χ0n) is 12.7. The number of piperidine rings is 1. The van der Waals surface area contributed by atoms with Crippen LogP contribution in [0.15, 0.2) is 6.33 Å². The molecule has 0 bridgehead atoms. The van der Waals surface area contributed by atoms with Crippen LogP contribution in [0, 0.1) is 5.92 Å². The molecular weight excluding hydrogens is 254 g/mol. The fourth-order valence-corrected chi connectivity index (χ4v) is 2.83. The van der Waals surface area contributed by atoms with E-state index in [1.807, 2.05) is 14.0 Å². The maximum atomic E-state index is 12.1. The SMILES string of the molecule is CCN1CCC(CC(=O)NC(C)c2ncnn2C)CC1. The van der Waals surface area contributed by atoms with Crippen molar-refractivity contribution in [1.29, 1.82) is 0 Å². The topological polar surface area (TPSA) is 63.1 Å². The predicted octanol–water partition coefficient (Wildman–Crippen LogP) is 1.11. The number of aryl methyl sites for hydroxylation is 1. The van der Waals surface area contributed by atoms with Gasteiger partial charge in [-0.25, -0.2) is 4.98 Å². The predicted molar refractivity (Wildman–Crippen MR) is 77.0 cm³/mol. The number of nitrogens with one attached hydrogen (secondary N) is 1. The van der Waals surface area contributed by atoms with E-state index in [4.69, 9.17) is 0 Å². The zero-order chi connectivity index (χ0) is 14.5. The quantitative estimate of drug-likeness (QED) is 0.877. The highest BCUT2D eigenvalue weighted by molar-refractivity contribution is 5.76. The van der Waals surface area contributed by atoms with Crippen LogP contribution in [-0.4, -0.2) is 45.2 Å². The minimum absolute atomic E-state index is 0.0919. The number of carbonyl (C=O) groups excluding carboxylic acids is 1. The van der Waals surface area contributed by atoms with E-state index in [0.717, 1.165) is 38.3 Å². The molecule has 6 nitrogen and oxygen atoms in total. The second kappa shape index (κ2) is 6.83. The van der Waals surface area contributed by atoms with Gasteiger partial charge < -0.3 is 10.2 Å². The van der Waals surface area contributed by atoms with Crippen LogP contribution in [0.1, 0.15) is 45.0 Å². The Labute approximate surface area is 120 Å². The van der Waals surface area contributed by atoms with Gasteiger partial charge in [0.05, 0.1) is 6.04 Å². The van der Waals surface area contributed by atoms with Crippen LogP contribution in [-0.2, 0) is 11.8 Å². The molecule has 0 aromatic carbocycles. The molecule has 1 amide bonds. The number of amides is 1. The van der Waals surface area contributed by atoms with Crippen LogP contribution in [0.3, 0.4) is 0 Å². The first-order valence-corrected chi connectivity index (χ1v) is 7.45. The summed E-state index contributed by atoms with van der Waals surface area (Å²) in [6.45, 7) is 7.49. The summed E-state index contributed by atoms with van der Waals surface area (Å²) in [5.41, 5.74) is 0. The molecule has 1 aliphatic heterocycles. The van der Waals surface area contributed by atoms with E-state index in [-0.39, 0.29) is 11.9 Å². The molecule has 1 atom stereocenters. The van der Waals surface area contributed by atoms with E-state index in [0.29, 0.717) is 12.3 Å². The van der Waals surface area contributed by atoms with Crippen molar-refractivity contribution < 1.29 is 4.79 Å². The summed E-state index contributed by atoms with van der Waals surface area (Å²) in [4.78, 5) is 18.7. The maximum absolute atomic E-state index is 12.1. The molecule has 0 spiro atoms. The van der Waals surface area contributed by atoms with E-state index in [2.05, 4.69) is 27.2 Å². The number of rotatable bonds is 5. The molecule has 1 unspecified atom stereocenters. The first kappa shape index (κ1) is 15.0. The maximum Gasteiger partial charge on any atom is 0.220 e. The Kier molecular flexibility index (Phi) is 5.11. The highest BCUT2D eigenvalue weighted by Gasteiger charge is 2.22. The lowest BCUT2D eigenvalue weighted by molar-refractivity contribution is -0.123. The minimum Gasteiger partial charge on any atom is -0.346 e. The standard InChI is InChI=1S/C14H25N5O/c1-4-19-7-5-12(6-8-19)9-13(20)17-11(2)14-15-10-16-18(14)3/h10-12H,4-9H2,1-3H3,(H,17,20). The fraction of sp³-hybridized carbons (Fsp3) is 0.786. The second-order valence-corrected chi connectivity index (χ2v) is 5.61. The first-order chi connectivity index (χ1) is 9.60. The molecule has 112 valence electrons. The number of nitrogens with zero attached hydrogens (tertiary/aromatic N) is 4. The third-order valence-corrected chi connectivity index (χ3v) is 4.14. The molecule has 20 heavy (non-hydrogen) atoms. The summed E-state index contributed by atoms with van der Waals surface area (Å²) < 4.78 is 1.70. The van der Waals surface area contributed by atoms with Crippen molar-refractivity contribution in [2.75, 3.05) is 19.6 Å². The van der Waals surface area contributed by atoms with Crippen molar-refractivity contribution in [2.24, 2.45) is 13.0 Å². The molecule has 0 saturated carbocycles. The van der Waals surface area contributed by atoms with Crippen molar-refractivity contribution in [1.82, 2.24) is 25.0 Å². The third kappa shape index (κ3) is 3.79. The van der Waals surface area contributed by atoms with E-state index in [1.54, 1.807) is 4.68 Å². The largest absolute Gasteiger partial charge is 0.346 e. The summed E-state index contributed by atoms with van der Waals surface area (Å²) in [5.74, 6) is 1.43. The highest BCUT2D eigenvalue weighted by atomic mass is 16.1. The number of aromatic nitrogens is 3. The zero-order valence-corrected chi connectivity index (χ0v) is 12.7. The van der Waals surface area contributed by atoms with Gasteiger partial charge in [-0.1, -0.05) is 6.92 Å². The molecule has 0 aliphatic carbocycles. The molecule has 1 N–H and O–H groups in total. The van der Waals surface area contributed by atoms with Crippen molar-refractivity contribution in [3.05, 3.63) is 12.2 Å². The molecule has 2 heterocycles.